The second-order valence-electron chi connectivity index (χ2n) is 5.55. The molecule has 0 bridgehead atoms. The van der Waals surface area contributed by atoms with Crippen molar-refractivity contribution in [1.82, 2.24) is 0 Å². The first kappa shape index (κ1) is 15.7. The molecule has 1 aromatic carbocycles. The van der Waals surface area contributed by atoms with E-state index in [1.54, 1.807) is 13.8 Å². The molecule has 0 fully saturated rings. The number of carbonyl (C=O) groups is 1. The summed E-state index contributed by atoms with van der Waals surface area (Å²) in [6.07, 6.45) is 0.991. The molecular formula is C16H24O3. The molecule has 3 nitrogen and oxygen atoms in total. The van der Waals surface area contributed by atoms with Crippen LogP contribution in [0.1, 0.15) is 45.2 Å². The van der Waals surface area contributed by atoms with Crippen LogP contribution in [0, 0.1) is 5.92 Å². The molecule has 0 saturated carbocycles. The number of aliphatic hydroxyl groups is 1. The zero-order valence-electron chi connectivity index (χ0n) is 12.3. The lowest BCUT2D eigenvalue weighted by Gasteiger charge is -2.23. The summed E-state index contributed by atoms with van der Waals surface area (Å²) in [5.41, 5.74) is 0.807. The molecule has 106 valence electrons. The molecule has 1 atom stereocenters. The molecule has 1 unspecified atom stereocenters. The fraction of sp³-hybridized carbons (Fsp3) is 0.562. The average Bonchev–Trinajstić information content (AvgIpc) is 2.28. The van der Waals surface area contributed by atoms with Gasteiger partial charge in [0.1, 0.15) is 0 Å². The monoisotopic (exact) mass is 264 g/mol. The third-order valence-electron chi connectivity index (χ3n) is 3.01. The van der Waals surface area contributed by atoms with Gasteiger partial charge in [-0.25, -0.2) is 0 Å². The van der Waals surface area contributed by atoms with Gasteiger partial charge in [-0.1, -0.05) is 38.1 Å². The minimum Gasteiger partial charge on any atom is -0.466 e. The molecule has 0 aliphatic heterocycles. The van der Waals surface area contributed by atoms with Gasteiger partial charge in [-0.15, -0.1) is 0 Å². The number of carbonyl (C=O) groups excluding carboxylic acids is 1. The summed E-state index contributed by atoms with van der Waals surface area (Å²) in [5, 5.41) is 10.4. The van der Waals surface area contributed by atoms with E-state index in [4.69, 9.17) is 4.74 Å². The SMILES string of the molecule is CCOC(=O)CC(C)(O)c1ccc(CC(C)C)cc1. The number of rotatable bonds is 6. The van der Waals surface area contributed by atoms with Crippen LogP contribution in [0.15, 0.2) is 24.3 Å². The molecule has 0 radical (unpaired) electrons. The zero-order chi connectivity index (χ0) is 14.5. The Morgan fingerprint density at radius 2 is 1.89 bits per heavy atom. The Kier molecular flexibility index (Phi) is 5.55. The van der Waals surface area contributed by atoms with Crippen molar-refractivity contribution in [3.05, 3.63) is 35.4 Å². The third-order valence-corrected chi connectivity index (χ3v) is 3.01. The smallest absolute Gasteiger partial charge is 0.309 e. The van der Waals surface area contributed by atoms with Crippen molar-refractivity contribution in [2.75, 3.05) is 6.61 Å². The summed E-state index contributed by atoms with van der Waals surface area (Å²) in [6.45, 7) is 8.08. The van der Waals surface area contributed by atoms with Gasteiger partial charge >= 0.3 is 5.97 Å². The predicted octanol–water partition coefficient (Wildman–Crippen LogP) is 3.05. The Balaban J connectivity index is 2.75. The summed E-state index contributed by atoms with van der Waals surface area (Å²) in [7, 11) is 0. The van der Waals surface area contributed by atoms with Gasteiger partial charge in [-0.2, -0.15) is 0 Å². The van der Waals surface area contributed by atoms with E-state index in [1.807, 2.05) is 24.3 Å². The second kappa shape index (κ2) is 6.71. The molecule has 0 heterocycles. The summed E-state index contributed by atoms with van der Waals surface area (Å²) in [6, 6.07) is 7.79. The van der Waals surface area contributed by atoms with Crippen LogP contribution >= 0.6 is 0 Å². The maximum atomic E-state index is 11.5. The molecule has 1 rings (SSSR count). The van der Waals surface area contributed by atoms with E-state index in [1.165, 1.54) is 5.56 Å². The minimum atomic E-state index is -1.18. The molecule has 0 spiro atoms. The van der Waals surface area contributed by atoms with Gasteiger partial charge in [0.25, 0.3) is 0 Å². The zero-order valence-corrected chi connectivity index (χ0v) is 12.3. The Morgan fingerprint density at radius 1 is 1.32 bits per heavy atom. The van der Waals surface area contributed by atoms with E-state index < -0.39 is 5.60 Å². The van der Waals surface area contributed by atoms with Gasteiger partial charge < -0.3 is 9.84 Å². The van der Waals surface area contributed by atoms with Crippen molar-refractivity contribution in [2.45, 2.75) is 46.1 Å². The number of hydrogen-bond donors (Lipinski definition) is 1. The quantitative estimate of drug-likeness (QED) is 0.803. The topological polar surface area (TPSA) is 46.5 Å². The van der Waals surface area contributed by atoms with Gasteiger partial charge in [0.2, 0.25) is 0 Å². The summed E-state index contributed by atoms with van der Waals surface area (Å²) in [4.78, 5) is 11.5. The number of esters is 1. The molecule has 3 heteroatoms. The maximum Gasteiger partial charge on any atom is 0.309 e. The molecule has 0 amide bonds. The van der Waals surface area contributed by atoms with Crippen molar-refractivity contribution < 1.29 is 14.6 Å². The van der Waals surface area contributed by atoms with Crippen LogP contribution in [0.3, 0.4) is 0 Å². The van der Waals surface area contributed by atoms with Crippen LogP contribution in [0.25, 0.3) is 0 Å². The number of ether oxygens (including phenoxy) is 1. The Hall–Kier alpha value is -1.35. The first-order chi connectivity index (χ1) is 8.85. The third kappa shape index (κ3) is 5.03. The second-order valence-corrected chi connectivity index (χ2v) is 5.55. The molecule has 0 saturated heterocycles. The summed E-state index contributed by atoms with van der Waals surface area (Å²) < 4.78 is 4.88. The van der Waals surface area contributed by atoms with Crippen LogP contribution in [0.4, 0.5) is 0 Å². The molecule has 1 aromatic rings. The Bertz CT molecular complexity index is 405. The number of hydrogen-bond acceptors (Lipinski definition) is 3. The van der Waals surface area contributed by atoms with E-state index in [-0.39, 0.29) is 12.4 Å². The van der Waals surface area contributed by atoms with Crippen molar-refractivity contribution in [1.29, 1.82) is 0 Å². The Morgan fingerprint density at radius 3 is 2.37 bits per heavy atom. The predicted molar refractivity (Wildman–Crippen MR) is 75.8 cm³/mol. The summed E-state index contributed by atoms with van der Waals surface area (Å²) in [5.74, 6) is 0.227. The molecule has 0 aliphatic rings. The number of benzene rings is 1. The van der Waals surface area contributed by atoms with E-state index in [9.17, 15) is 9.90 Å². The minimum absolute atomic E-state index is 0.0234. The highest BCUT2D eigenvalue weighted by atomic mass is 16.5. The van der Waals surface area contributed by atoms with Gasteiger partial charge in [0.05, 0.1) is 18.6 Å². The summed E-state index contributed by atoms with van der Waals surface area (Å²) >= 11 is 0. The first-order valence-electron chi connectivity index (χ1n) is 6.82. The van der Waals surface area contributed by atoms with Crippen LogP contribution in [-0.4, -0.2) is 17.7 Å². The van der Waals surface area contributed by atoms with Crippen molar-refractivity contribution in [3.63, 3.8) is 0 Å². The molecule has 1 N–H and O–H groups in total. The standard InChI is InChI=1S/C16H24O3/c1-5-19-15(17)11-16(4,18)14-8-6-13(7-9-14)10-12(2)3/h6-9,12,18H,5,10-11H2,1-4H3. The Labute approximate surface area is 115 Å². The average molecular weight is 264 g/mol. The van der Waals surface area contributed by atoms with Crippen molar-refractivity contribution in [3.8, 4) is 0 Å². The van der Waals surface area contributed by atoms with Crippen LogP contribution < -0.4 is 0 Å². The van der Waals surface area contributed by atoms with Gasteiger partial charge in [0, 0.05) is 0 Å². The van der Waals surface area contributed by atoms with E-state index in [0.717, 1.165) is 12.0 Å². The van der Waals surface area contributed by atoms with Crippen molar-refractivity contribution in [2.24, 2.45) is 5.92 Å². The highest BCUT2D eigenvalue weighted by molar-refractivity contribution is 5.71. The van der Waals surface area contributed by atoms with Crippen LogP contribution in [0.5, 0.6) is 0 Å². The molecular weight excluding hydrogens is 240 g/mol. The fourth-order valence-electron chi connectivity index (χ4n) is 2.07. The largest absolute Gasteiger partial charge is 0.466 e. The molecule has 0 aromatic heterocycles. The lowest BCUT2D eigenvalue weighted by Crippen LogP contribution is -2.26. The maximum absolute atomic E-state index is 11.5. The van der Waals surface area contributed by atoms with Gasteiger partial charge in [0.15, 0.2) is 0 Å². The molecule has 19 heavy (non-hydrogen) atoms. The normalized spacial score (nSPS) is 14.2. The lowest BCUT2D eigenvalue weighted by molar-refractivity contribution is -0.148. The van der Waals surface area contributed by atoms with Gasteiger partial charge in [-0.05, 0) is 37.3 Å². The van der Waals surface area contributed by atoms with E-state index in [2.05, 4.69) is 13.8 Å². The lowest BCUT2D eigenvalue weighted by atomic mass is 9.91. The highest BCUT2D eigenvalue weighted by Crippen LogP contribution is 2.25. The first-order valence-corrected chi connectivity index (χ1v) is 6.82. The van der Waals surface area contributed by atoms with Crippen molar-refractivity contribution >= 4 is 5.97 Å². The van der Waals surface area contributed by atoms with Crippen LogP contribution in [-0.2, 0) is 21.6 Å². The molecule has 0 aliphatic carbocycles. The van der Waals surface area contributed by atoms with Gasteiger partial charge in [-0.3, -0.25) is 4.79 Å². The van der Waals surface area contributed by atoms with E-state index in [0.29, 0.717) is 12.5 Å². The fourth-order valence-corrected chi connectivity index (χ4v) is 2.07. The van der Waals surface area contributed by atoms with E-state index >= 15 is 0 Å². The highest BCUT2D eigenvalue weighted by Gasteiger charge is 2.27. The van der Waals surface area contributed by atoms with Crippen LogP contribution in [0.2, 0.25) is 0 Å².